The predicted octanol–water partition coefficient (Wildman–Crippen LogP) is 19.1. The second-order valence-electron chi connectivity index (χ2n) is 26.6. The normalized spacial score (nSPS) is 15.0. The van der Waals surface area contributed by atoms with Gasteiger partial charge in [0.25, 0.3) is 22.2 Å². The van der Waals surface area contributed by atoms with Crippen LogP contribution in [0.5, 0.6) is 0 Å². The number of fused-ring (bicyclic) bond motifs is 28. The van der Waals surface area contributed by atoms with E-state index in [0.717, 1.165) is 98.7 Å². The number of pyridine rings is 4. The molecule has 4 aliphatic carbocycles. The van der Waals surface area contributed by atoms with Crippen LogP contribution in [0.2, 0.25) is 0 Å². The summed E-state index contributed by atoms with van der Waals surface area (Å²) in [5.41, 5.74) is 23.7. The van der Waals surface area contributed by atoms with Crippen LogP contribution in [-0.4, -0.2) is 8.80 Å². The van der Waals surface area contributed by atoms with Crippen LogP contribution in [0.25, 0.3) is 154 Å². The van der Waals surface area contributed by atoms with Gasteiger partial charge in [-0.05, 0) is 205 Å². The zero-order valence-corrected chi connectivity index (χ0v) is 51.2. The van der Waals surface area contributed by atoms with Crippen molar-refractivity contribution in [1.29, 1.82) is 0 Å². The molecule has 4 aliphatic rings. The van der Waals surface area contributed by atoms with Crippen molar-refractivity contribution >= 4 is 75.7 Å². The van der Waals surface area contributed by atoms with Crippen LogP contribution < -0.4 is 22.2 Å². The molecule has 2 spiro atoms. The Morgan fingerprint density at radius 1 is 0.188 bits per heavy atom. The SMILES string of the molecule is O=c1c2ccccc2c2cc(-c3ccc4c(c3)C3(c5ccccc5-c5cc(-c6ccc7c(c6)c(=O)n6c(=O)c8ccccc8c8cc(-c9cccc%10c9C9(c%11ccccc%11-c%11ccccc%119)c9ccccc9-%10)cc7c86)ccc53)c3ccccc3-4)cc3c4ccccc4c(=O)n1c23. The highest BCUT2D eigenvalue weighted by Crippen LogP contribution is 2.66. The standard InChI is InChI=1S/C90H48N2O4/c93-85-66-26-4-1-18-55(66)70-44-52(45-71-56-19-2-5-27-67(56)86(94)91(85)83(70)71)51-37-40-64-61-23-7-12-31-75(61)89(81(64)48-51)76-32-13-11-25-63(76)69-42-50(38-41-80(69)89)49-36-39-58-73-47-53(46-72-57-20-3-6-28-68(57)87(95)92(84(72)73)88(96)74(58)43-49)54-29-17-30-65-62-24-10-16-35-79(62)90(82(54)65)77-33-14-8-21-59(77)60-22-9-15-34-78(60)90/h1-48H. The van der Waals surface area contributed by atoms with Crippen LogP contribution in [0.15, 0.2) is 310 Å². The second-order valence-corrected chi connectivity index (χ2v) is 26.6. The molecular weight excluding hydrogens is 1170 g/mol. The van der Waals surface area contributed by atoms with Crippen molar-refractivity contribution < 1.29 is 0 Å². The number of nitrogens with zero attached hydrogens (tertiary/aromatic N) is 2. The summed E-state index contributed by atoms with van der Waals surface area (Å²) < 4.78 is 2.82. The summed E-state index contributed by atoms with van der Waals surface area (Å²) in [5, 5.41) is 8.52. The highest BCUT2D eigenvalue weighted by atomic mass is 16.2. The molecule has 4 heterocycles. The highest BCUT2D eigenvalue weighted by molar-refractivity contribution is 6.22. The highest BCUT2D eigenvalue weighted by Gasteiger charge is 2.54. The molecule has 0 bridgehead atoms. The number of hydrogen-bond donors (Lipinski definition) is 0. The van der Waals surface area contributed by atoms with Gasteiger partial charge in [-0.25, -0.2) is 8.80 Å². The van der Waals surface area contributed by atoms with E-state index in [1.54, 1.807) is 0 Å². The molecule has 22 rings (SSSR count). The van der Waals surface area contributed by atoms with Gasteiger partial charge in [0.1, 0.15) is 0 Å². The fourth-order valence-electron chi connectivity index (χ4n) is 18.7. The molecule has 18 aromatic rings. The Labute approximate surface area is 547 Å². The molecule has 4 aromatic heterocycles. The van der Waals surface area contributed by atoms with Gasteiger partial charge in [-0.2, -0.15) is 0 Å². The third-order valence-electron chi connectivity index (χ3n) is 22.4. The quantitative estimate of drug-likeness (QED) is 0.130. The van der Waals surface area contributed by atoms with Crippen molar-refractivity contribution in [2.24, 2.45) is 0 Å². The van der Waals surface area contributed by atoms with Gasteiger partial charge < -0.3 is 0 Å². The molecule has 442 valence electrons. The number of rotatable bonds is 3. The lowest BCUT2D eigenvalue weighted by Crippen LogP contribution is -2.27. The molecule has 0 fully saturated rings. The van der Waals surface area contributed by atoms with Crippen molar-refractivity contribution in [3.05, 3.63) is 377 Å². The lowest BCUT2D eigenvalue weighted by atomic mass is 9.68. The van der Waals surface area contributed by atoms with Gasteiger partial charge in [0.2, 0.25) is 0 Å². The van der Waals surface area contributed by atoms with Crippen molar-refractivity contribution in [2.75, 3.05) is 0 Å². The number of aromatic nitrogens is 2. The molecule has 0 saturated carbocycles. The van der Waals surface area contributed by atoms with E-state index in [0.29, 0.717) is 32.6 Å². The van der Waals surface area contributed by atoms with E-state index in [4.69, 9.17) is 0 Å². The molecule has 0 saturated heterocycles. The van der Waals surface area contributed by atoms with Crippen molar-refractivity contribution in [3.63, 3.8) is 0 Å². The fraction of sp³-hybridized carbons (Fsp3) is 0.0222. The number of hydrogen-bond acceptors (Lipinski definition) is 4. The Morgan fingerprint density at radius 2 is 0.510 bits per heavy atom. The fourth-order valence-corrected chi connectivity index (χ4v) is 18.7. The third-order valence-corrected chi connectivity index (χ3v) is 22.4. The van der Waals surface area contributed by atoms with Gasteiger partial charge in [-0.15, -0.1) is 0 Å². The summed E-state index contributed by atoms with van der Waals surface area (Å²) >= 11 is 0. The summed E-state index contributed by atoms with van der Waals surface area (Å²) in [6.45, 7) is 0. The van der Waals surface area contributed by atoms with Crippen LogP contribution >= 0.6 is 0 Å². The number of benzene rings is 14. The Morgan fingerprint density at radius 3 is 1.02 bits per heavy atom. The maximum Gasteiger partial charge on any atom is 0.266 e. The lowest BCUT2D eigenvalue weighted by molar-refractivity contribution is 0.794. The van der Waals surface area contributed by atoms with Crippen molar-refractivity contribution in [3.8, 4) is 77.9 Å². The van der Waals surface area contributed by atoms with Gasteiger partial charge in [0.15, 0.2) is 0 Å². The minimum atomic E-state index is -0.703. The molecule has 96 heavy (non-hydrogen) atoms. The van der Waals surface area contributed by atoms with Gasteiger partial charge in [-0.1, -0.05) is 231 Å². The van der Waals surface area contributed by atoms with E-state index >= 15 is 9.59 Å². The molecular formula is C90H48N2O4. The molecule has 14 aromatic carbocycles. The molecule has 0 radical (unpaired) electrons. The molecule has 6 nitrogen and oxygen atoms in total. The smallest absolute Gasteiger partial charge is 0.266 e. The van der Waals surface area contributed by atoms with Crippen LogP contribution in [0.3, 0.4) is 0 Å². The van der Waals surface area contributed by atoms with Crippen LogP contribution in [0, 0.1) is 0 Å². The van der Waals surface area contributed by atoms with Gasteiger partial charge in [0.05, 0.1) is 21.9 Å². The van der Waals surface area contributed by atoms with E-state index < -0.39 is 10.8 Å². The Kier molecular flexibility index (Phi) is 9.81. The van der Waals surface area contributed by atoms with E-state index in [1.807, 2.05) is 78.9 Å². The average molecular weight is 1220 g/mol. The first-order chi connectivity index (χ1) is 47.3. The maximum atomic E-state index is 15.7. The van der Waals surface area contributed by atoms with E-state index in [1.165, 1.54) is 75.6 Å². The van der Waals surface area contributed by atoms with Crippen molar-refractivity contribution in [2.45, 2.75) is 10.8 Å². The van der Waals surface area contributed by atoms with Gasteiger partial charge in [0, 0.05) is 43.1 Å². The summed E-state index contributed by atoms with van der Waals surface area (Å²) in [4.78, 5) is 59.4. The summed E-state index contributed by atoms with van der Waals surface area (Å²) in [6, 6.07) is 103. The Hall–Kier alpha value is -12.6. The molecule has 1 unspecified atom stereocenters. The molecule has 1 atom stereocenters. The predicted molar refractivity (Wildman–Crippen MR) is 390 cm³/mol. The van der Waals surface area contributed by atoms with E-state index in [-0.39, 0.29) is 22.2 Å². The van der Waals surface area contributed by atoms with Gasteiger partial charge in [-0.3, -0.25) is 19.2 Å². The third kappa shape index (κ3) is 6.15. The van der Waals surface area contributed by atoms with Crippen LogP contribution in [0.4, 0.5) is 0 Å². The second kappa shape index (κ2) is 18.1. The van der Waals surface area contributed by atoms with Crippen molar-refractivity contribution in [1.82, 2.24) is 8.80 Å². The van der Waals surface area contributed by atoms with E-state index in [2.05, 4.69) is 212 Å². The molecule has 0 aliphatic heterocycles. The van der Waals surface area contributed by atoms with Gasteiger partial charge >= 0.3 is 0 Å². The first kappa shape index (κ1) is 51.9. The molecule has 6 heteroatoms. The minimum Gasteiger partial charge on any atom is -0.268 e. The average Bonchev–Trinajstić information content (AvgIpc) is 1.57. The summed E-state index contributed by atoms with van der Waals surface area (Å²) in [7, 11) is 0. The first-order valence-electron chi connectivity index (χ1n) is 32.8. The van der Waals surface area contributed by atoms with Crippen LogP contribution in [0.1, 0.15) is 44.5 Å². The summed E-state index contributed by atoms with van der Waals surface area (Å²) in [6.07, 6.45) is 0. The monoisotopic (exact) mass is 1220 g/mol. The zero-order valence-electron chi connectivity index (χ0n) is 51.2. The van der Waals surface area contributed by atoms with Crippen LogP contribution in [-0.2, 0) is 10.8 Å². The Bertz CT molecular complexity index is 6790. The lowest BCUT2D eigenvalue weighted by Gasteiger charge is -2.32. The topological polar surface area (TPSA) is 77.1 Å². The zero-order chi connectivity index (χ0) is 63.2. The first-order valence-corrected chi connectivity index (χ1v) is 32.8. The molecule has 0 N–H and O–H groups in total. The largest absolute Gasteiger partial charge is 0.268 e. The summed E-state index contributed by atoms with van der Waals surface area (Å²) in [5.74, 6) is 0. The molecule has 0 amide bonds. The maximum absolute atomic E-state index is 15.7. The minimum absolute atomic E-state index is 0.316. The van der Waals surface area contributed by atoms with E-state index in [9.17, 15) is 9.59 Å². The Balaban J connectivity index is 0.746.